The Morgan fingerprint density at radius 2 is 1.67 bits per heavy atom. The van der Waals surface area contributed by atoms with Crippen LogP contribution in [0.25, 0.3) is 5.76 Å². The summed E-state index contributed by atoms with van der Waals surface area (Å²) in [5, 5.41) is 11.6. The standard InChI is InChI=1S/C28H35ClN2O5/c1-5-30(6-2)16-9-17-31-25(19-10-13-21(14-11-19)35-7-3)24(27(33)28(31)34)26(32)20-12-15-23(36-8-4)22(29)18-20/h10-15,18,25,32H,5-9,16-17H2,1-4H3/b26-24-. The summed E-state index contributed by atoms with van der Waals surface area (Å²) in [6.45, 7) is 11.9. The number of rotatable bonds is 12. The Morgan fingerprint density at radius 1 is 1.00 bits per heavy atom. The fourth-order valence-corrected chi connectivity index (χ4v) is 4.69. The summed E-state index contributed by atoms with van der Waals surface area (Å²) in [6.07, 6.45) is 0.706. The van der Waals surface area contributed by atoms with Gasteiger partial charge in [-0.2, -0.15) is 0 Å². The number of aliphatic hydroxyl groups excluding tert-OH is 1. The van der Waals surface area contributed by atoms with Crippen molar-refractivity contribution in [1.29, 1.82) is 0 Å². The van der Waals surface area contributed by atoms with Gasteiger partial charge in [0.2, 0.25) is 0 Å². The van der Waals surface area contributed by atoms with Crippen molar-refractivity contribution in [2.24, 2.45) is 0 Å². The molecule has 2 aromatic rings. The van der Waals surface area contributed by atoms with Crippen molar-refractivity contribution >= 4 is 29.1 Å². The molecule has 1 N–H and O–H groups in total. The first kappa shape index (κ1) is 27.6. The number of hydrogen-bond acceptors (Lipinski definition) is 6. The molecule has 7 nitrogen and oxygen atoms in total. The maximum Gasteiger partial charge on any atom is 0.295 e. The average Bonchev–Trinajstić information content (AvgIpc) is 3.13. The Balaban J connectivity index is 2.03. The van der Waals surface area contributed by atoms with E-state index in [4.69, 9.17) is 21.1 Å². The molecule has 0 radical (unpaired) electrons. The van der Waals surface area contributed by atoms with Gasteiger partial charge in [-0.05, 0) is 75.8 Å². The zero-order valence-electron chi connectivity index (χ0n) is 21.4. The van der Waals surface area contributed by atoms with Gasteiger partial charge in [0.15, 0.2) is 0 Å². The molecular weight excluding hydrogens is 480 g/mol. The predicted octanol–water partition coefficient (Wildman–Crippen LogP) is 5.29. The third-order valence-corrected chi connectivity index (χ3v) is 6.62. The third-order valence-electron chi connectivity index (χ3n) is 6.32. The van der Waals surface area contributed by atoms with Gasteiger partial charge in [0, 0.05) is 12.1 Å². The van der Waals surface area contributed by atoms with Crippen molar-refractivity contribution in [1.82, 2.24) is 9.80 Å². The molecule has 0 bridgehead atoms. The summed E-state index contributed by atoms with van der Waals surface area (Å²) >= 11 is 6.34. The molecule has 1 unspecified atom stereocenters. The minimum atomic E-state index is -0.720. The molecule has 0 aliphatic carbocycles. The van der Waals surface area contributed by atoms with Crippen molar-refractivity contribution in [3.63, 3.8) is 0 Å². The largest absolute Gasteiger partial charge is 0.507 e. The van der Waals surface area contributed by atoms with Crippen LogP contribution < -0.4 is 9.47 Å². The van der Waals surface area contributed by atoms with Crippen molar-refractivity contribution in [3.8, 4) is 11.5 Å². The van der Waals surface area contributed by atoms with Crippen LogP contribution in [0.15, 0.2) is 48.0 Å². The number of carbonyl (C=O) groups is 2. The van der Waals surface area contributed by atoms with Gasteiger partial charge in [0.25, 0.3) is 11.7 Å². The number of nitrogens with zero attached hydrogens (tertiary/aromatic N) is 2. The van der Waals surface area contributed by atoms with E-state index in [1.807, 2.05) is 38.1 Å². The molecule has 1 heterocycles. The summed E-state index contributed by atoms with van der Waals surface area (Å²) in [5.41, 5.74) is 1.12. The average molecular weight is 515 g/mol. The molecule has 3 rings (SSSR count). The highest BCUT2D eigenvalue weighted by molar-refractivity contribution is 6.46. The highest BCUT2D eigenvalue weighted by atomic mass is 35.5. The number of hydrogen-bond donors (Lipinski definition) is 1. The SMILES string of the molecule is CCOc1ccc(C2/C(=C(/O)c3ccc(OCC)c(Cl)c3)C(=O)C(=O)N2CCCN(CC)CC)cc1. The van der Waals surface area contributed by atoms with Crippen LogP contribution in [0.1, 0.15) is 51.3 Å². The predicted molar refractivity (Wildman–Crippen MR) is 142 cm³/mol. The van der Waals surface area contributed by atoms with Gasteiger partial charge in [0.05, 0.1) is 29.9 Å². The summed E-state index contributed by atoms with van der Waals surface area (Å²) in [6, 6.07) is 11.4. The van der Waals surface area contributed by atoms with Crippen LogP contribution in [-0.2, 0) is 9.59 Å². The third kappa shape index (κ3) is 6.02. The first-order valence-electron chi connectivity index (χ1n) is 12.5. The molecular formula is C28H35ClN2O5. The lowest BCUT2D eigenvalue weighted by molar-refractivity contribution is -0.140. The van der Waals surface area contributed by atoms with Crippen LogP contribution in [0.3, 0.4) is 0 Å². The van der Waals surface area contributed by atoms with E-state index in [2.05, 4.69) is 18.7 Å². The van der Waals surface area contributed by atoms with E-state index in [9.17, 15) is 14.7 Å². The van der Waals surface area contributed by atoms with E-state index in [0.717, 1.165) is 25.2 Å². The fraction of sp³-hybridized carbons (Fsp3) is 0.429. The lowest BCUT2D eigenvalue weighted by atomic mass is 9.95. The second kappa shape index (κ2) is 12.8. The van der Waals surface area contributed by atoms with Gasteiger partial charge in [-0.15, -0.1) is 0 Å². The summed E-state index contributed by atoms with van der Waals surface area (Å²) in [7, 11) is 0. The molecule has 0 aromatic heterocycles. The topological polar surface area (TPSA) is 79.3 Å². The van der Waals surface area contributed by atoms with Gasteiger partial charge in [-0.3, -0.25) is 9.59 Å². The van der Waals surface area contributed by atoms with Crippen LogP contribution in [0.5, 0.6) is 11.5 Å². The maximum atomic E-state index is 13.2. The van der Waals surface area contributed by atoms with Gasteiger partial charge in [-0.25, -0.2) is 0 Å². The monoisotopic (exact) mass is 514 g/mol. The number of aliphatic hydroxyl groups is 1. The number of Topliss-reactive ketones (excluding diaryl/α,β-unsaturated/α-hetero) is 1. The minimum Gasteiger partial charge on any atom is -0.507 e. The number of likely N-dealkylation sites (tertiary alicyclic amines) is 1. The van der Waals surface area contributed by atoms with E-state index >= 15 is 0 Å². The number of amides is 1. The molecule has 1 aliphatic rings. The number of ketones is 1. The van der Waals surface area contributed by atoms with Crippen molar-refractivity contribution < 1.29 is 24.2 Å². The highest BCUT2D eigenvalue weighted by Gasteiger charge is 2.45. The van der Waals surface area contributed by atoms with Gasteiger partial charge in [-0.1, -0.05) is 37.6 Å². The van der Waals surface area contributed by atoms with Gasteiger partial charge in [0.1, 0.15) is 17.3 Å². The fourth-order valence-electron chi connectivity index (χ4n) is 4.45. The molecule has 2 aromatic carbocycles. The van der Waals surface area contributed by atoms with Crippen LogP contribution >= 0.6 is 11.6 Å². The van der Waals surface area contributed by atoms with Crippen LogP contribution in [0.2, 0.25) is 5.02 Å². The Labute approximate surface area is 218 Å². The highest BCUT2D eigenvalue weighted by Crippen LogP contribution is 2.40. The van der Waals surface area contributed by atoms with Crippen LogP contribution in [-0.4, -0.2) is 66.0 Å². The summed E-state index contributed by atoms with van der Waals surface area (Å²) in [5.74, 6) is -0.414. The molecule has 1 fully saturated rings. The second-order valence-electron chi connectivity index (χ2n) is 8.45. The zero-order valence-corrected chi connectivity index (χ0v) is 22.2. The van der Waals surface area contributed by atoms with E-state index in [-0.39, 0.29) is 11.3 Å². The zero-order chi connectivity index (χ0) is 26.2. The normalized spacial score (nSPS) is 17.2. The molecule has 0 saturated carbocycles. The number of carbonyl (C=O) groups excluding carboxylic acids is 2. The Kier molecular flexibility index (Phi) is 9.79. The molecule has 8 heteroatoms. The lowest BCUT2D eigenvalue weighted by Crippen LogP contribution is -2.33. The Bertz CT molecular complexity index is 1100. The second-order valence-corrected chi connectivity index (χ2v) is 8.86. The van der Waals surface area contributed by atoms with Crippen LogP contribution in [0.4, 0.5) is 0 Å². The molecule has 0 spiro atoms. The number of ether oxygens (including phenoxy) is 2. The molecule has 1 aliphatic heterocycles. The van der Waals surface area contributed by atoms with Crippen molar-refractivity contribution in [3.05, 3.63) is 64.2 Å². The number of benzene rings is 2. The Hall–Kier alpha value is -3.03. The van der Waals surface area contributed by atoms with Gasteiger partial charge < -0.3 is 24.4 Å². The number of halogens is 1. The van der Waals surface area contributed by atoms with Crippen molar-refractivity contribution in [2.75, 3.05) is 39.4 Å². The molecule has 1 atom stereocenters. The molecule has 36 heavy (non-hydrogen) atoms. The van der Waals surface area contributed by atoms with E-state index in [1.165, 1.54) is 0 Å². The summed E-state index contributed by atoms with van der Waals surface area (Å²) in [4.78, 5) is 30.2. The first-order chi connectivity index (χ1) is 17.4. The smallest absolute Gasteiger partial charge is 0.295 e. The first-order valence-corrected chi connectivity index (χ1v) is 12.9. The summed E-state index contributed by atoms with van der Waals surface area (Å²) < 4.78 is 11.0. The van der Waals surface area contributed by atoms with Crippen molar-refractivity contribution in [2.45, 2.75) is 40.2 Å². The lowest BCUT2D eigenvalue weighted by Gasteiger charge is -2.27. The quantitative estimate of drug-likeness (QED) is 0.235. The Morgan fingerprint density at radius 3 is 2.25 bits per heavy atom. The molecule has 1 saturated heterocycles. The van der Waals surface area contributed by atoms with E-state index < -0.39 is 17.7 Å². The van der Waals surface area contributed by atoms with Gasteiger partial charge >= 0.3 is 0 Å². The molecule has 194 valence electrons. The van der Waals surface area contributed by atoms with E-state index in [0.29, 0.717) is 48.3 Å². The maximum absolute atomic E-state index is 13.2. The van der Waals surface area contributed by atoms with Crippen LogP contribution in [0, 0.1) is 0 Å². The minimum absolute atomic E-state index is 0.0484. The molecule has 1 amide bonds. The van der Waals surface area contributed by atoms with E-state index in [1.54, 1.807) is 23.1 Å².